The number of nitrogens with one attached hydrogen (secondary N) is 3. The van der Waals surface area contributed by atoms with Crippen LogP contribution in [0.25, 0.3) is 0 Å². The first-order valence-electron chi connectivity index (χ1n) is 9.04. The van der Waals surface area contributed by atoms with Gasteiger partial charge in [0.2, 0.25) is 10.0 Å². The van der Waals surface area contributed by atoms with E-state index in [2.05, 4.69) is 20.3 Å². The molecule has 160 valence electrons. The number of anilines is 3. The molecular weight excluding hydrogens is 420 g/mol. The number of methoxy groups -OCH3 is 1. The lowest BCUT2D eigenvalue weighted by molar-refractivity contribution is 0.101. The molecule has 1 heterocycles. The van der Waals surface area contributed by atoms with E-state index in [0.717, 1.165) is 6.26 Å². The van der Waals surface area contributed by atoms with Gasteiger partial charge in [-0.15, -0.1) is 0 Å². The van der Waals surface area contributed by atoms with E-state index in [9.17, 15) is 18.0 Å². The Hall–Kier alpha value is -3.92. The summed E-state index contributed by atoms with van der Waals surface area (Å²) in [7, 11) is -2.09. The molecule has 0 fully saturated rings. The standard InChI is InChI=1S/C21H20N4O5S/c1-30-19-12-17(8-9-18(19)25-31(2,28)29)24-20(26)14-5-3-7-16(11-14)23-21(27)15-6-4-10-22-13-15/h3-13,25H,1-2H3,(H,23,27)(H,24,26). The first-order chi connectivity index (χ1) is 14.7. The number of carbonyl (C=O) groups excluding carboxylic acids is 2. The van der Waals surface area contributed by atoms with E-state index in [1.54, 1.807) is 48.7 Å². The van der Waals surface area contributed by atoms with E-state index >= 15 is 0 Å². The van der Waals surface area contributed by atoms with Crippen molar-refractivity contribution in [3.05, 3.63) is 78.1 Å². The maximum Gasteiger partial charge on any atom is 0.257 e. The van der Waals surface area contributed by atoms with Crippen LogP contribution in [0.4, 0.5) is 17.1 Å². The third kappa shape index (κ3) is 6.03. The van der Waals surface area contributed by atoms with Gasteiger partial charge in [0.15, 0.2) is 0 Å². The Morgan fingerprint density at radius 3 is 2.23 bits per heavy atom. The molecule has 0 bridgehead atoms. The smallest absolute Gasteiger partial charge is 0.257 e. The van der Waals surface area contributed by atoms with E-state index < -0.39 is 15.9 Å². The number of hydrogen-bond acceptors (Lipinski definition) is 6. The quantitative estimate of drug-likeness (QED) is 0.518. The molecule has 2 aromatic carbocycles. The number of hydrogen-bond donors (Lipinski definition) is 3. The molecule has 0 spiro atoms. The number of aromatic nitrogens is 1. The van der Waals surface area contributed by atoms with Gasteiger partial charge in [0, 0.05) is 35.4 Å². The van der Waals surface area contributed by atoms with Crippen LogP contribution in [0.3, 0.4) is 0 Å². The predicted octanol–water partition coefficient (Wildman–Crippen LogP) is 2.97. The third-order valence-electron chi connectivity index (χ3n) is 4.06. The van der Waals surface area contributed by atoms with Gasteiger partial charge >= 0.3 is 0 Å². The van der Waals surface area contributed by atoms with Gasteiger partial charge in [0.05, 0.1) is 24.6 Å². The lowest BCUT2D eigenvalue weighted by atomic mass is 10.1. The Balaban J connectivity index is 1.73. The number of amides is 2. The molecule has 2 amide bonds. The second-order valence-electron chi connectivity index (χ2n) is 6.52. The number of nitrogens with zero attached hydrogens (tertiary/aromatic N) is 1. The van der Waals surface area contributed by atoms with Crippen LogP contribution in [-0.2, 0) is 10.0 Å². The summed E-state index contributed by atoms with van der Waals surface area (Å²) in [6.45, 7) is 0. The number of rotatable bonds is 7. The normalized spacial score (nSPS) is 10.8. The van der Waals surface area contributed by atoms with Crippen LogP contribution < -0.4 is 20.1 Å². The SMILES string of the molecule is COc1cc(NC(=O)c2cccc(NC(=O)c3cccnc3)c2)ccc1NS(C)(=O)=O. The highest BCUT2D eigenvalue weighted by Crippen LogP contribution is 2.29. The van der Waals surface area contributed by atoms with Crippen LogP contribution in [0.15, 0.2) is 67.0 Å². The highest BCUT2D eigenvalue weighted by molar-refractivity contribution is 7.92. The number of ether oxygens (including phenoxy) is 1. The van der Waals surface area contributed by atoms with Crippen molar-refractivity contribution in [2.45, 2.75) is 0 Å². The summed E-state index contributed by atoms with van der Waals surface area (Å²) in [5.74, 6) is -0.506. The maximum absolute atomic E-state index is 12.6. The molecule has 3 rings (SSSR count). The molecule has 0 radical (unpaired) electrons. The van der Waals surface area contributed by atoms with Gasteiger partial charge in [-0.3, -0.25) is 19.3 Å². The van der Waals surface area contributed by atoms with Crippen LogP contribution in [0.1, 0.15) is 20.7 Å². The monoisotopic (exact) mass is 440 g/mol. The van der Waals surface area contributed by atoms with Gasteiger partial charge in [-0.2, -0.15) is 0 Å². The maximum atomic E-state index is 12.6. The van der Waals surface area contributed by atoms with Crippen LogP contribution >= 0.6 is 0 Å². The molecule has 31 heavy (non-hydrogen) atoms. The van der Waals surface area contributed by atoms with Gasteiger partial charge in [-0.1, -0.05) is 6.07 Å². The molecule has 0 saturated heterocycles. The van der Waals surface area contributed by atoms with E-state index in [0.29, 0.717) is 22.5 Å². The molecule has 10 heteroatoms. The topological polar surface area (TPSA) is 126 Å². The van der Waals surface area contributed by atoms with Crippen molar-refractivity contribution in [3.63, 3.8) is 0 Å². The molecule has 3 N–H and O–H groups in total. The zero-order valence-corrected chi connectivity index (χ0v) is 17.6. The van der Waals surface area contributed by atoms with Crippen LogP contribution in [0, 0.1) is 0 Å². The molecular formula is C21H20N4O5S. The largest absolute Gasteiger partial charge is 0.494 e. The second-order valence-corrected chi connectivity index (χ2v) is 8.27. The summed E-state index contributed by atoms with van der Waals surface area (Å²) in [4.78, 5) is 28.8. The zero-order chi connectivity index (χ0) is 22.4. The van der Waals surface area contributed by atoms with Crippen LogP contribution in [0.2, 0.25) is 0 Å². The Morgan fingerprint density at radius 1 is 0.903 bits per heavy atom. The molecule has 0 aliphatic carbocycles. The lowest BCUT2D eigenvalue weighted by Gasteiger charge is -2.13. The van der Waals surface area contributed by atoms with Gasteiger partial charge in [0.25, 0.3) is 11.8 Å². The van der Waals surface area contributed by atoms with Crippen molar-refractivity contribution < 1.29 is 22.7 Å². The summed E-state index contributed by atoms with van der Waals surface area (Å²) in [5, 5.41) is 5.44. The van der Waals surface area contributed by atoms with Crippen molar-refractivity contribution in [1.82, 2.24) is 4.98 Å². The fraction of sp³-hybridized carbons (Fsp3) is 0.0952. The molecule has 1 aromatic heterocycles. The Labute approximate surface area is 179 Å². The fourth-order valence-corrected chi connectivity index (χ4v) is 3.26. The fourth-order valence-electron chi connectivity index (χ4n) is 2.69. The average Bonchev–Trinajstić information content (AvgIpc) is 2.74. The molecule has 0 aliphatic rings. The van der Waals surface area contributed by atoms with E-state index in [1.165, 1.54) is 25.4 Å². The number of sulfonamides is 1. The summed E-state index contributed by atoms with van der Waals surface area (Å²) in [6.07, 6.45) is 4.05. The van der Waals surface area contributed by atoms with Crippen molar-refractivity contribution in [2.24, 2.45) is 0 Å². The Morgan fingerprint density at radius 2 is 1.58 bits per heavy atom. The zero-order valence-electron chi connectivity index (χ0n) is 16.7. The molecule has 0 atom stereocenters. The first-order valence-corrected chi connectivity index (χ1v) is 10.9. The Bertz CT molecular complexity index is 1210. The summed E-state index contributed by atoms with van der Waals surface area (Å²) < 4.78 is 30.4. The van der Waals surface area contributed by atoms with E-state index in [-0.39, 0.29) is 17.3 Å². The third-order valence-corrected chi connectivity index (χ3v) is 4.65. The van der Waals surface area contributed by atoms with Crippen molar-refractivity contribution in [1.29, 1.82) is 0 Å². The van der Waals surface area contributed by atoms with Gasteiger partial charge in [0.1, 0.15) is 5.75 Å². The minimum absolute atomic E-state index is 0.251. The van der Waals surface area contributed by atoms with E-state index in [1.807, 2.05) is 0 Å². The number of benzene rings is 2. The minimum atomic E-state index is -3.48. The van der Waals surface area contributed by atoms with Crippen LogP contribution in [-0.4, -0.2) is 38.6 Å². The van der Waals surface area contributed by atoms with E-state index in [4.69, 9.17) is 4.74 Å². The molecule has 0 saturated carbocycles. The van der Waals surface area contributed by atoms with Crippen molar-refractivity contribution >= 4 is 38.9 Å². The highest BCUT2D eigenvalue weighted by Gasteiger charge is 2.13. The predicted molar refractivity (Wildman–Crippen MR) is 118 cm³/mol. The highest BCUT2D eigenvalue weighted by atomic mass is 32.2. The molecule has 0 unspecified atom stereocenters. The lowest BCUT2D eigenvalue weighted by Crippen LogP contribution is -2.15. The molecule has 0 aliphatic heterocycles. The number of pyridine rings is 1. The summed E-state index contributed by atoms with van der Waals surface area (Å²) in [6, 6.07) is 14.3. The first kappa shape index (κ1) is 21.8. The summed E-state index contributed by atoms with van der Waals surface area (Å²) in [5.41, 5.74) is 1.83. The van der Waals surface area contributed by atoms with Crippen molar-refractivity contribution in [2.75, 3.05) is 28.7 Å². The second kappa shape index (κ2) is 9.26. The average molecular weight is 440 g/mol. The van der Waals surface area contributed by atoms with Gasteiger partial charge in [-0.05, 0) is 42.5 Å². The van der Waals surface area contributed by atoms with Crippen LogP contribution in [0.5, 0.6) is 5.75 Å². The minimum Gasteiger partial charge on any atom is -0.494 e. The van der Waals surface area contributed by atoms with Gasteiger partial charge in [-0.25, -0.2) is 8.42 Å². The van der Waals surface area contributed by atoms with Crippen molar-refractivity contribution in [3.8, 4) is 5.75 Å². The molecule has 3 aromatic rings. The Kier molecular flexibility index (Phi) is 6.51. The molecule has 9 nitrogen and oxygen atoms in total. The number of carbonyl (C=O) groups is 2. The summed E-state index contributed by atoms with van der Waals surface area (Å²) >= 11 is 0. The van der Waals surface area contributed by atoms with Gasteiger partial charge < -0.3 is 15.4 Å².